The number of fused-ring (bicyclic) bond motifs is 1. The van der Waals surface area contributed by atoms with E-state index in [2.05, 4.69) is 20.4 Å². The van der Waals surface area contributed by atoms with Gasteiger partial charge in [0.25, 0.3) is 5.56 Å². The van der Waals surface area contributed by atoms with Gasteiger partial charge in [0.15, 0.2) is 5.82 Å². The van der Waals surface area contributed by atoms with Gasteiger partial charge in [0.1, 0.15) is 6.04 Å². The average molecular weight is 327 g/mol. The smallest absolute Gasteiger partial charge is 0.261 e. The summed E-state index contributed by atoms with van der Waals surface area (Å²) in [5.74, 6) is 0.656. The van der Waals surface area contributed by atoms with E-state index in [9.17, 15) is 9.59 Å². The van der Waals surface area contributed by atoms with Crippen LogP contribution in [0.25, 0.3) is 10.9 Å². The van der Waals surface area contributed by atoms with Crippen molar-refractivity contribution in [3.8, 4) is 0 Å². The Morgan fingerprint density at radius 2 is 2.17 bits per heavy atom. The molecule has 0 radical (unpaired) electrons. The first-order chi connectivity index (χ1) is 11.5. The number of hydrogen-bond acceptors (Lipinski definition) is 6. The van der Waals surface area contributed by atoms with E-state index in [0.717, 1.165) is 0 Å². The summed E-state index contributed by atoms with van der Waals surface area (Å²) in [6.07, 6.45) is 1.61. The van der Waals surface area contributed by atoms with E-state index in [1.165, 1.54) is 10.9 Å². The predicted molar refractivity (Wildman–Crippen MR) is 86.2 cm³/mol. The molecule has 124 valence electrons. The molecule has 0 spiro atoms. The number of amides is 1. The monoisotopic (exact) mass is 327 g/mol. The number of rotatable bonds is 5. The van der Waals surface area contributed by atoms with Crippen LogP contribution in [0.5, 0.6) is 0 Å². The van der Waals surface area contributed by atoms with Crippen LogP contribution < -0.4 is 10.9 Å². The second-order valence-corrected chi connectivity index (χ2v) is 5.48. The molecule has 1 amide bonds. The standard InChI is InChI=1S/C16H17N5O3/c1-10(15-19-11(2)20-24-15)18-14(22)7-8-21-9-17-13-6-4-3-5-12(13)16(21)23/h3-6,9-10H,7-8H2,1-2H3,(H,18,22). The summed E-state index contributed by atoms with van der Waals surface area (Å²) in [5, 5.41) is 6.99. The Balaban J connectivity index is 1.64. The van der Waals surface area contributed by atoms with E-state index in [4.69, 9.17) is 4.52 Å². The third kappa shape index (κ3) is 3.32. The maximum atomic E-state index is 12.3. The Labute approximate surface area is 137 Å². The molecule has 0 aliphatic rings. The van der Waals surface area contributed by atoms with Crippen molar-refractivity contribution >= 4 is 16.8 Å². The molecule has 1 aromatic carbocycles. The Morgan fingerprint density at radius 3 is 2.92 bits per heavy atom. The van der Waals surface area contributed by atoms with Crippen LogP contribution in [-0.2, 0) is 11.3 Å². The zero-order valence-corrected chi connectivity index (χ0v) is 13.4. The van der Waals surface area contributed by atoms with Gasteiger partial charge in [-0.05, 0) is 26.0 Å². The summed E-state index contributed by atoms with van der Waals surface area (Å²) >= 11 is 0. The molecule has 1 N–H and O–H groups in total. The molecule has 0 fully saturated rings. The van der Waals surface area contributed by atoms with Gasteiger partial charge in [0, 0.05) is 13.0 Å². The van der Waals surface area contributed by atoms with Crippen LogP contribution >= 0.6 is 0 Å². The molecule has 2 aromatic heterocycles. The molecule has 1 atom stereocenters. The summed E-state index contributed by atoms with van der Waals surface area (Å²) in [6, 6.07) is 6.73. The topological polar surface area (TPSA) is 103 Å². The van der Waals surface area contributed by atoms with E-state index >= 15 is 0 Å². The van der Waals surface area contributed by atoms with Gasteiger partial charge in [-0.3, -0.25) is 14.2 Å². The van der Waals surface area contributed by atoms with Crippen molar-refractivity contribution in [1.82, 2.24) is 25.0 Å². The van der Waals surface area contributed by atoms with E-state index in [1.54, 1.807) is 32.0 Å². The summed E-state index contributed by atoms with van der Waals surface area (Å²) < 4.78 is 6.45. The Bertz CT molecular complexity index is 931. The fourth-order valence-corrected chi connectivity index (χ4v) is 2.35. The first kappa shape index (κ1) is 15.9. The molecule has 1 unspecified atom stereocenters. The maximum absolute atomic E-state index is 12.3. The molecule has 3 rings (SSSR count). The third-order valence-electron chi connectivity index (χ3n) is 3.60. The predicted octanol–water partition coefficient (Wildman–Crippen LogP) is 1.36. The first-order valence-corrected chi connectivity index (χ1v) is 7.58. The zero-order chi connectivity index (χ0) is 17.1. The van der Waals surface area contributed by atoms with Gasteiger partial charge in [-0.1, -0.05) is 17.3 Å². The van der Waals surface area contributed by atoms with Crippen LogP contribution in [0.4, 0.5) is 0 Å². The second kappa shape index (κ2) is 6.61. The number of aryl methyl sites for hydroxylation is 2. The van der Waals surface area contributed by atoms with Gasteiger partial charge in [0.05, 0.1) is 17.2 Å². The fourth-order valence-electron chi connectivity index (χ4n) is 2.35. The molecule has 3 aromatic rings. The zero-order valence-electron chi connectivity index (χ0n) is 13.4. The maximum Gasteiger partial charge on any atom is 0.261 e. The summed E-state index contributed by atoms with van der Waals surface area (Å²) in [5.41, 5.74) is 0.484. The van der Waals surface area contributed by atoms with E-state index in [0.29, 0.717) is 22.6 Å². The van der Waals surface area contributed by atoms with Crippen molar-refractivity contribution in [3.05, 3.63) is 52.7 Å². The highest BCUT2D eigenvalue weighted by Crippen LogP contribution is 2.09. The van der Waals surface area contributed by atoms with Crippen molar-refractivity contribution in [2.24, 2.45) is 0 Å². The minimum Gasteiger partial charge on any atom is -0.345 e. The number of aromatic nitrogens is 4. The van der Waals surface area contributed by atoms with E-state index in [1.807, 2.05) is 6.07 Å². The highest BCUT2D eigenvalue weighted by molar-refractivity contribution is 5.77. The van der Waals surface area contributed by atoms with Crippen molar-refractivity contribution in [2.45, 2.75) is 32.9 Å². The molecule has 0 saturated carbocycles. The van der Waals surface area contributed by atoms with Crippen LogP contribution in [0.2, 0.25) is 0 Å². The molecular weight excluding hydrogens is 310 g/mol. The number of para-hydroxylation sites is 1. The van der Waals surface area contributed by atoms with Crippen molar-refractivity contribution in [1.29, 1.82) is 0 Å². The number of nitrogens with one attached hydrogen (secondary N) is 1. The first-order valence-electron chi connectivity index (χ1n) is 7.58. The van der Waals surface area contributed by atoms with Gasteiger partial charge in [-0.25, -0.2) is 4.98 Å². The van der Waals surface area contributed by atoms with Crippen molar-refractivity contribution in [2.75, 3.05) is 0 Å². The third-order valence-corrected chi connectivity index (χ3v) is 3.60. The van der Waals surface area contributed by atoms with Crippen LogP contribution in [0.3, 0.4) is 0 Å². The second-order valence-electron chi connectivity index (χ2n) is 5.48. The normalized spacial score (nSPS) is 12.2. The largest absolute Gasteiger partial charge is 0.345 e. The molecule has 0 aliphatic carbocycles. The van der Waals surface area contributed by atoms with Crippen molar-refractivity contribution < 1.29 is 9.32 Å². The number of nitrogens with zero attached hydrogens (tertiary/aromatic N) is 4. The number of hydrogen-bond donors (Lipinski definition) is 1. The molecule has 8 heteroatoms. The van der Waals surface area contributed by atoms with Crippen LogP contribution in [0, 0.1) is 6.92 Å². The Morgan fingerprint density at radius 1 is 1.38 bits per heavy atom. The van der Waals surface area contributed by atoms with Crippen LogP contribution in [0.1, 0.15) is 31.1 Å². The lowest BCUT2D eigenvalue weighted by Crippen LogP contribution is -2.29. The highest BCUT2D eigenvalue weighted by Gasteiger charge is 2.15. The fraction of sp³-hybridized carbons (Fsp3) is 0.312. The molecule has 0 aliphatic heterocycles. The average Bonchev–Trinajstić information content (AvgIpc) is 3.01. The minimum atomic E-state index is -0.384. The van der Waals surface area contributed by atoms with Gasteiger partial charge in [0.2, 0.25) is 11.8 Å². The molecule has 0 bridgehead atoms. The Kier molecular flexibility index (Phi) is 4.37. The van der Waals surface area contributed by atoms with Gasteiger partial charge < -0.3 is 9.84 Å². The van der Waals surface area contributed by atoms with Gasteiger partial charge >= 0.3 is 0 Å². The molecule has 24 heavy (non-hydrogen) atoms. The SMILES string of the molecule is Cc1noc(C(C)NC(=O)CCn2cnc3ccccc3c2=O)n1. The molecule has 8 nitrogen and oxygen atoms in total. The number of benzene rings is 1. The minimum absolute atomic E-state index is 0.150. The van der Waals surface area contributed by atoms with Gasteiger partial charge in [-0.2, -0.15) is 4.98 Å². The lowest BCUT2D eigenvalue weighted by atomic mass is 10.2. The number of carbonyl (C=O) groups is 1. The van der Waals surface area contributed by atoms with Gasteiger partial charge in [-0.15, -0.1) is 0 Å². The number of carbonyl (C=O) groups excluding carboxylic acids is 1. The van der Waals surface area contributed by atoms with Crippen molar-refractivity contribution in [3.63, 3.8) is 0 Å². The summed E-state index contributed by atoms with van der Waals surface area (Å²) in [6.45, 7) is 3.72. The Hall–Kier alpha value is -3.03. The molecule has 2 heterocycles. The summed E-state index contributed by atoms with van der Waals surface area (Å²) in [4.78, 5) is 32.7. The van der Waals surface area contributed by atoms with E-state index < -0.39 is 0 Å². The summed E-state index contributed by atoms with van der Waals surface area (Å²) in [7, 11) is 0. The lowest BCUT2D eigenvalue weighted by molar-refractivity contribution is -0.122. The molecular formula is C16H17N5O3. The molecule has 0 saturated heterocycles. The van der Waals surface area contributed by atoms with Crippen LogP contribution in [-0.4, -0.2) is 25.6 Å². The quantitative estimate of drug-likeness (QED) is 0.759. The van der Waals surface area contributed by atoms with E-state index in [-0.39, 0.29) is 30.5 Å². The van der Waals surface area contributed by atoms with Crippen LogP contribution in [0.15, 0.2) is 39.9 Å². The highest BCUT2D eigenvalue weighted by atomic mass is 16.5. The lowest BCUT2D eigenvalue weighted by Gasteiger charge is -2.10.